The van der Waals surface area contributed by atoms with Gasteiger partial charge in [-0.15, -0.1) is 11.3 Å². The van der Waals surface area contributed by atoms with E-state index in [2.05, 4.69) is 5.32 Å². The van der Waals surface area contributed by atoms with Crippen molar-refractivity contribution in [3.63, 3.8) is 0 Å². The smallest absolute Gasteiger partial charge is 0.252 e. The summed E-state index contributed by atoms with van der Waals surface area (Å²) in [6, 6.07) is 8.53. The van der Waals surface area contributed by atoms with Crippen LogP contribution in [-0.2, 0) is 9.84 Å². The third-order valence-corrected chi connectivity index (χ3v) is 6.68. The van der Waals surface area contributed by atoms with E-state index in [4.69, 9.17) is 0 Å². The van der Waals surface area contributed by atoms with Gasteiger partial charge in [-0.3, -0.25) is 4.79 Å². The summed E-state index contributed by atoms with van der Waals surface area (Å²) in [5.41, 5.74) is 1.36. The summed E-state index contributed by atoms with van der Waals surface area (Å²) >= 11 is 1.59. The molecule has 4 nitrogen and oxygen atoms in total. The van der Waals surface area contributed by atoms with Crippen molar-refractivity contribution < 1.29 is 13.2 Å². The first kappa shape index (κ1) is 15.2. The molecule has 0 fully saturated rings. The van der Waals surface area contributed by atoms with Crippen LogP contribution in [0.25, 0.3) is 0 Å². The quantitative estimate of drug-likeness (QED) is 0.917. The van der Waals surface area contributed by atoms with Crippen molar-refractivity contribution in [1.82, 2.24) is 5.32 Å². The van der Waals surface area contributed by atoms with Crippen LogP contribution >= 0.6 is 11.3 Å². The zero-order chi connectivity index (χ0) is 15.9. The van der Waals surface area contributed by atoms with Crippen LogP contribution in [-0.4, -0.2) is 20.1 Å². The largest absolute Gasteiger partial charge is 0.345 e. The predicted octanol–water partition coefficient (Wildman–Crippen LogP) is 3.01. The summed E-state index contributed by atoms with van der Waals surface area (Å²) in [5, 5.41) is 2.99. The molecule has 116 valence electrons. The number of sulfone groups is 1. The molecular formula is C16H17NO3S2. The number of benzene rings is 1. The maximum absolute atomic E-state index is 12.5. The molecule has 0 bridgehead atoms. The summed E-state index contributed by atoms with van der Waals surface area (Å²) < 4.78 is 24.2. The summed E-state index contributed by atoms with van der Waals surface area (Å²) in [7, 11) is -3.23. The van der Waals surface area contributed by atoms with E-state index in [1.165, 1.54) is 0 Å². The zero-order valence-electron chi connectivity index (χ0n) is 12.4. The molecule has 0 unspecified atom stereocenters. The van der Waals surface area contributed by atoms with E-state index in [0.29, 0.717) is 22.4 Å². The minimum Gasteiger partial charge on any atom is -0.345 e. The third kappa shape index (κ3) is 2.68. The van der Waals surface area contributed by atoms with E-state index in [-0.39, 0.29) is 17.7 Å². The van der Waals surface area contributed by atoms with Gasteiger partial charge in [0, 0.05) is 9.75 Å². The lowest BCUT2D eigenvalue weighted by Gasteiger charge is -2.26. The van der Waals surface area contributed by atoms with Crippen molar-refractivity contribution in [2.75, 3.05) is 5.75 Å². The molecule has 1 aliphatic heterocycles. The average molecular weight is 335 g/mol. The van der Waals surface area contributed by atoms with Gasteiger partial charge in [-0.1, -0.05) is 18.2 Å². The lowest BCUT2D eigenvalue weighted by molar-refractivity contribution is 0.0934. The minimum atomic E-state index is -3.23. The zero-order valence-corrected chi connectivity index (χ0v) is 14.1. The first-order chi connectivity index (χ1) is 10.4. The summed E-state index contributed by atoms with van der Waals surface area (Å²) in [6.45, 7) is 3.89. The Balaban J connectivity index is 1.91. The van der Waals surface area contributed by atoms with Crippen LogP contribution < -0.4 is 5.32 Å². The number of amides is 1. The number of fused-ring (bicyclic) bond motifs is 1. The van der Waals surface area contributed by atoms with Gasteiger partial charge in [-0.25, -0.2) is 8.42 Å². The Labute approximate surface area is 134 Å². The van der Waals surface area contributed by atoms with Gasteiger partial charge in [0.25, 0.3) is 5.91 Å². The first-order valence-corrected chi connectivity index (χ1v) is 9.55. The fourth-order valence-corrected chi connectivity index (χ4v) is 5.37. The number of nitrogens with one attached hydrogen (secondary N) is 1. The van der Waals surface area contributed by atoms with Gasteiger partial charge >= 0.3 is 0 Å². The number of rotatable bonds is 2. The van der Waals surface area contributed by atoms with E-state index >= 15 is 0 Å². The van der Waals surface area contributed by atoms with Gasteiger partial charge in [0.05, 0.1) is 22.3 Å². The van der Waals surface area contributed by atoms with Crippen LogP contribution in [0.15, 0.2) is 35.2 Å². The Kier molecular flexibility index (Phi) is 3.82. The second-order valence-corrected chi connectivity index (χ2v) is 9.04. The second kappa shape index (κ2) is 5.52. The Bertz CT molecular complexity index is 837. The van der Waals surface area contributed by atoms with Crippen molar-refractivity contribution in [3.8, 4) is 0 Å². The lowest BCUT2D eigenvalue weighted by Crippen LogP contribution is -2.33. The van der Waals surface area contributed by atoms with Gasteiger partial charge < -0.3 is 5.32 Å². The molecule has 1 aromatic carbocycles. The summed E-state index contributed by atoms with van der Waals surface area (Å²) in [5.74, 6) is -0.0719. The van der Waals surface area contributed by atoms with Gasteiger partial charge in [-0.05, 0) is 38.0 Å². The van der Waals surface area contributed by atoms with E-state index in [0.717, 1.165) is 9.75 Å². The molecule has 2 heterocycles. The molecule has 3 rings (SSSR count). The number of hydrogen-bond acceptors (Lipinski definition) is 4. The molecular weight excluding hydrogens is 318 g/mol. The molecule has 0 spiro atoms. The highest BCUT2D eigenvalue weighted by molar-refractivity contribution is 7.91. The molecule has 1 N–H and O–H groups in total. The number of thiophene rings is 1. The normalized spacial score (nSPS) is 19.5. The monoisotopic (exact) mass is 335 g/mol. The predicted molar refractivity (Wildman–Crippen MR) is 87.1 cm³/mol. The van der Waals surface area contributed by atoms with Gasteiger partial charge in [0.15, 0.2) is 9.84 Å². The fourth-order valence-electron chi connectivity index (χ4n) is 2.83. The maximum Gasteiger partial charge on any atom is 0.252 e. The van der Waals surface area contributed by atoms with Crippen LogP contribution in [0.5, 0.6) is 0 Å². The van der Waals surface area contributed by atoms with Gasteiger partial charge in [-0.2, -0.15) is 0 Å². The Hall–Kier alpha value is -1.66. The molecule has 1 amide bonds. The average Bonchev–Trinajstić information content (AvgIpc) is 2.81. The van der Waals surface area contributed by atoms with Gasteiger partial charge in [0.1, 0.15) is 0 Å². The van der Waals surface area contributed by atoms with Crippen molar-refractivity contribution in [1.29, 1.82) is 0 Å². The van der Waals surface area contributed by atoms with Crippen LogP contribution in [0.2, 0.25) is 0 Å². The molecule has 22 heavy (non-hydrogen) atoms. The van der Waals surface area contributed by atoms with Crippen molar-refractivity contribution in [3.05, 3.63) is 51.2 Å². The minimum absolute atomic E-state index is 0.0661. The van der Waals surface area contributed by atoms with Crippen molar-refractivity contribution in [2.24, 2.45) is 0 Å². The molecule has 0 saturated heterocycles. The van der Waals surface area contributed by atoms with Crippen LogP contribution in [0, 0.1) is 13.8 Å². The third-order valence-electron chi connectivity index (χ3n) is 3.90. The van der Waals surface area contributed by atoms with E-state index in [9.17, 15) is 13.2 Å². The number of hydrogen-bond donors (Lipinski definition) is 1. The Morgan fingerprint density at radius 2 is 2.00 bits per heavy atom. The highest BCUT2D eigenvalue weighted by Gasteiger charge is 2.31. The standard InChI is InChI=1S/C16H17NO3S2/c1-10-9-13(11(2)21-10)16(18)17-14-7-8-22(19,20)15-6-4-3-5-12(14)15/h3-6,9,14H,7-8H2,1-2H3,(H,17,18)/t14-/m0/s1. The fraction of sp³-hybridized carbons (Fsp3) is 0.312. The topological polar surface area (TPSA) is 63.2 Å². The molecule has 1 aliphatic rings. The molecule has 2 aromatic rings. The summed E-state index contributed by atoms with van der Waals surface area (Å²) in [4.78, 5) is 14.9. The van der Waals surface area contributed by atoms with E-state index in [1.54, 1.807) is 35.6 Å². The molecule has 6 heteroatoms. The number of carbonyl (C=O) groups is 1. The Morgan fingerprint density at radius 1 is 1.27 bits per heavy atom. The Morgan fingerprint density at radius 3 is 2.68 bits per heavy atom. The van der Waals surface area contributed by atoms with E-state index < -0.39 is 9.84 Å². The molecule has 0 saturated carbocycles. The van der Waals surface area contributed by atoms with Gasteiger partial charge in [0.2, 0.25) is 0 Å². The number of carbonyl (C=O) groups excluding carboxylic acids is 1. The maximum atomic E-state index is 12.5. The number of aryl methyl sites for hydroxylation is 2. The second-order valence-electron chi connectivity index (χ2n) is 5.50. The first-order valence-electron chi connectivity index (χ1n) is 7.08. The van der Waals surface area contributed by atoms with Crippen LogP contribution in [0.1, 0.15) is 38.1 Å². The molecule has 0 radical (unpaired) electrons. The molecule has 1 aromatic heterocycles. The molecule has 0 aliphatic carbocycles. The molecule has 1 atom stereocenters. The SMILES string of the molecule is Cc1cc(C(=O)N[C@H]2CCS(=O)(=O)c3ccccc32)c(C)s1. The highest BCUT2D eigenvalue weighted by atomic mass is 32.2. The highest BCUT2D eigenvalue weighted by Crippen LogP contribution is 2.32. The summed E-state index contributed by atoms with van der Waals surface area (Å²) in [6.07, 6.45) is 0.410. The van der Waals surface area contributed by atoms with Crippen LogP contribution in [0.3, 0.4) is 0 Å². The van der Waals surface area contributed by atoms with Crippen LogP contribution in [0.4, 0.5) is 0 Å². The lowest BCUT2D eigenvalue weighted by atomic mass is 10.0. The van der Waals surface area contributed by atoms with Crippen molar-refractivity contribution in [2.45, 2.75) is 31.2 Å². The van der Waals surface area contributed by atoms with Crippen molar-refractivity contribution >= 4 is 27.1 Å². The van der Waals surface area contributed by atoms with E-state index in [1.807, 2.05) is 19.9 Å².